The van der Waals surface area contributed by atoms with Crippen molar-refractivity contribution < 1.29 is 5.11 Å². The first-order valence-electron chi connectivity index (χ1n) is 15.0. The average molecular weight is 608 g/mol. The van der Waals surface area contributed by atoms with Crippen LogP contribution in [0.15, 0.2) is 79.3 Å². The first kappa shape index (κ1) is 28.5. The predicted octanol–water partition coefficient (Wildman–Crippen LogP) is 4.59. The second-order valence-electron chi connectivity index (χ2n) is 11.5. The van der Waals surface area contributed by atoms with Crippen molar-refractivity contribution in [3.05, 3.63) is 107 Å². The van der Waals surface area contributed by atoms with Crippen LogP contribution in [0.4, 0.5) is 0 Å². The van der Waals surface area contributed by atoms with Crippen molar-refractivity contribution in [1.82, 2.24) is 44.8 Å². The predicted molar refractivity (Wildman–Crippen MR) is 170 cm³/mol. The molecule has 10 nitrogen and oxygen atoms in total. The van der Waals surface area contributed by atoms with Gasteiger partial charge in [-0.1, -0.05) is 65.6 Å². The van der Waals surface area contributed by atoms with Crippen LogP contribution in [0.3, 0.4) is 0 Å². The number of fused-ring (bicyclic) bond motifs is 3. The number of nitrogens with one attached hydrogen (secondary N) is 1. The quantitative estimate of drug-likeness (QED) is 0.230. The highest BCUT2D eigenvalue weighted by Gasteiger charge is 2.37. The maximum atomic E-state index is 12.7. The molecule has 224 valence electrons. The van der Waals surface area contributed by atoms with Gasteiger partial charge in [0, 0.05) is 42.7 Å². The minimum absolute atomic E-state index is 0.377. The van der Waals surface area contributed by atoms with Crippen molar-refractivity contribution in [2.24, 2.45) is 7.05 Å². The highest BCUT2D eigenvalue weighted by atomic mass is 35.5. The maximum Gasteiger partial charge on any atom is 0.274 e. The van der Waals surface area contributed by atoms with E-state index in [2.05, 4.69) is 42.9 Å². The van der Waals surface area contributed by atoms with E-state index in [0.717, 1.165) is 47.2 Å². The molecule has 1 saturated heterocycles. The molecule has 0 radical (unpaired) electrons. The molecule has 1 fully saturated rings. The van der Waals surface area contributed by atoms with Gasteiger partial charge in [0.05, 0.1) is 29.4 Å². The molecule has 1 aliphatic rings. The summed E-state index contributed by atoms with van der Waals surface area (Å²) in [6.45, 7) is 5.20. The van der Waals surface area contributed by atoms with Crippen LogP contribution < -0.4 is 5.32 Å². The molecule has 0 bridgehead atoms. The molecule has 0 amide bonds. The molecular weight excluding hydrogens is 574 g/mol. The van der Waals surface area contributed by atoms with Crippen LogP contribution in [0.25, 0.3) is 27.9 Å². The number of halogens is 1. The number of rotatable bonds is 9. The second-order valence-corrected chi connectivity index (χ2v) is 11.9. The van der Waals surface area contributed by atoms with Gasteiger partial charge in [-0.15, -0.1) is 0 Å². The molecule has 1 unspecified atom stereocenters. The largest absolute Gasteiger partial charge is 0.374 e. The van der Waals surface area contributed by atoms with Gasteiger partial charge in [-0.2, -0.15) is 4.52 Å². The zero-order valence-electron chi connectivity index (χ0n) is 24.6. The van der Waals surface area contributed by atoms with E-state index in [1.807, 2.05) is 66.2 Å². The van der Waals surface area contributed by atoms with Crippen LogP contribution in [0.1, 0.15) is 41.6 Å². The summed E-state index contributed by atoms with van der Waals surface area (Å²) in [5.74, 6) is 0.377. The summed E-state index contributed by atoms with van der Waals surface area (Å²) in [5, 5.41) is 29.8. The van der Waals surface area contributed by atoms with Gasteiger partial charge < -0.3 is 19.9 Å². The van der Waals surface area contributed by atoms with Gasteiger partial charge in [-0.3, -0.25) is 0 Å². The lowest BCUT2D eigenvalue weighted by Crippen LogP contribution is -2.35. The smallest absolute Gasteiger partial charge is 0.274 e. The molecule has 4 heterocycles. The third kappa shape index (κ3) is 5.35. The number of aryl methyl sites for hydroxylation is 1. The summed E-state index contributed by atoms with van der Waals surface area (Å²) < 4.78 is 3.45. The number of likely N-dealkylation sites (tertiary alicyclic amines) is 1. The van der Waals surface area contributed by atoms with Crippen molar-refractivity contribution in [2.45, 2.75) is 31.4 Å². The number of aromatic nitrogens is 7. The Bertz CT molecular complexity index is 1910. The molecule has 1 aliphatic heterocycles. The number of imidazole rings is 1. The molecule has 0 saturated carbocycles. The minimum atomic E-state index is -1.50. The molecule has 11 heteroatoms. The SMILES string of the molecule is Cn1cncc1C(O)(c1ccc(CNCCN2CCCCC2)cc1)c1ccc2c(c1)c(-c1cccc(Cl)c1)nc1nnnn12. The zero-order valence-corrected chi connectivity index (χ0v) is 25.3. The van der Waals surface area contributed by atoms with E-state index in [1.54, 1.807) is 17.0 Å². The summed E-state index contributed by atoms with van der Waals surface area (Å²) in [4.78, 5) is 11.7. The van der Waals surface area contributed by atoms with Crippen LogP contribution in [0, 0.1) is 0 Å². The molecular formula is C33H34ClN9O. The number of aliphatic hydroxyl groups is 1. The van der Waals surface area contributed by atoms with Crippen molar-refractivity contribution in [1.29, 1.82) is 0 Å². The van der Waals surface area contributed by atoms with Gasteiger partial charge >= 0.3 is 0 Å². The Morgan fingerprint density at radius 2 is 1.80 bits per heavy atom. The van der Waals surface area contributed by atoms with Crippen LogP contribution in [-0.2, 0) is 19.2 Å². The number of piperidine rings is 1. The maximum absolute atomic E-state index is 12.7. The van der Waals surface area contributed by atoms with E-state index in [4.69, 9.17) is 16.6 Å². The van der Waals surface area contributed by atoms with Crippen LogP contribution in [0.2, 0.25) is 5.02 Å². The highest BCUT2D eigenvalue weighted by molar-refractivity contribution is 6.30. The Kier molecular flexibility index (Phi) is 7.82. The van der Waals surface area contributed by atoms with Gasteiger partial charge in [-0.05, 0) is 77.3 Å². The Balaban J connectivity index is 1.26. The Morgan fingerprint density at radius 1 is 0.977 bits per heavy atom. The fourth-order valence-electron chi connectivity index (χ4n) is 6.24. The molecule has 0 spiro atoms. The first-order valence-corrected chi connectivity index (χ1v) is 15.4. The van der Waals surface area contributed by atoms with Crippen molar-refractivity contribution >= 4 is 28.3 Å². The molecule has 2 N–H and O–H groups in total. The van der Waals surface area contributed by atoms with Crippen molar-refractivity contribution in [3.8, 4) is 11.3 Å². The molecule has 3 aromatic carbocycles. The van der Waals surface area contributed by atoms with E-state index in [1.165, 1.54) is 32.4 Å². The third-order valence-corrected chi connectivity index (χ3v) is 8.84. The van der Waals surface area contributed by atoms with E-state index >= 15 is 0 Å². The van der Waals surface area contributed by atoms with Crippen molar-refractivity contribution in [2.75, 3.05) is 26.2 Å². The van der Waals surface area contributed by atoms with Gasteiger partial charge in [-0.25, -0.2) is 9.97 Å². The third-order valence-electron chi connectivity index (χ3n) is 8.60. The van der Waals surface area contributed by atoms with Crippen LogP contribution in [0.5, 0.6) is 0 Å². The standard InChI is InChI=1S/C33H34ClN9O/c1-41-22-36-21-30(41)33(44,25-10-8-23(9-11-25)20-35-14-17-42-15-3-2-4-16-42)26-12-13-29-28(19-26)31(24-6-5-7-27(34)18-24)37-32-38-39-40-43(29)32/h5-13,18-19,21-22,35,44H,2-4,14-17,20H2,1H3. The number of nitrogens with zero attached hydrogens (tertiary/aromatic N) is 8. The van der Waals surface area contributed by atoms with E-state index in [9.17, 15) is 5.11 Å². The van der Waals surface area contributed by atoms with Gasteiger partial charge in [0.25, 0.3) is 5.78 Å². The number of benzene rings is 3. The zero-order chi connectivity index (χ0) is 30.1. The van der Waals surface area contributed by atoms with Crippen molar-refractivity contribution in [3.63, 3.8) is 0 Å². The van der Waals surface area contributed by atoms with E-state index in [0.29, 0.717) is 27.8 Å². The summed E-state index contributed by atoms with van der Waals surface area (Å²) in [5.41, 5.74) is 3.96. The Morgan fingerprint density at radius 3 is 2.57 bits per heavy atom. The lowest BCUT2D eigenvalue weighted by molar-refractivity contribution is 0.117. The van der Waals surface area contributed by atoms with E-state index in [-0.39, 0.29) is 0 Å². The highest BCUT2D eigenvalue weighted by Crippen LogP contribution is 2.39. The molecule has 44 heavy (non-hydrogen) atoms. The Hall–Kier alpha value is -4.22. The lowest BCUT2D eigenvalue weighted by Gasteiger charge is -2.30. The number of hydrogen-bond acceptors (Lipinski definition) is 8. The topological polar surface area (TPSA) is 109 Å². The van der Waals surface area contributed by atoms with Gasteiger partial charge in [0.1, 0.15) is 0 Å². The fraction of sp³-hybridized carbons (Fsp3) is 0.303. The van der Waals surface area contributed by atoms with Crippen LogP contribution in [-0.4, -0.2) is 70.8 Å². The molecule has 0 aliphatic carbocycles. The molecule has 3 aromatic heterocycles. The number of hydrogen-bond donors (Lipinski definition) is 2. The summed E-state index contributed by atoms with van der Waals surface area (Å²) in [7, 11) is 1.89. The van der Waals surface area contributed by atoms with E-state index < -0.39 is 5.60 Å². The summed E-state index contributed by atoms with van der Waals surface area (Å²) in [6, 6.07) is 21.5. The fourth-order valence-corrected chi connectivity index (χ4v) is 6.43. The molecule has 1 atom stereocenters. The normalized spacial score (nSPS) is 15.6. The minimum Gasteiger partial charge on any atom is -0.374 e. The second kappa shape index (κ2) is 12.0. The lowest BCUT2D eigenvalue weighted by atomic mass is 9.82. The first-order chi connectivity index (χ1) is 21.5. The summed E-state index contributed by atoms with van der Waals surface area (Å²) in [6.07, 6.45) is 7.37. The Labute approximate surface area is 260 Å². The van der Waals surface area contributed by atoms with Gasteiger partial charge in [0.15, 0.2) is 5.60 Å². The monoisotopic (exact) mass is 607 g/mol. The van der Waals surface area contributed by atoms with Gasteiger partial charge in [0.2, 0.25) is 0 Å². The average Bonchev–Trinajstić information content (AvgIpc) is 3.72. The molecule has 6 aromatic rings. The summed E-state index contributed by atoms with van der Waals surface area (Å²) >= 11 is 6.37. The van der Waals surface area contributed by atoms with Crippen LogP contribution >= 0.6 is 11.6 Å². The number of tetrazole rings is 1. The molecule has 7 rings (SSSR count).